The molecule has 0 saturated heterocycles. The number of nitrogens with zero attached hydrogens (tertiary/aromatic N) is 1. The van der Waals surface area contributed by atoms with Crippen molar-refractivity contribution in [2.75, 3.05) is 6.61 Å². The van der Waals surface area contributed by atoms with Crippen molar-refractivity contribution in [2.45, 2.75) is 6.92 Å². The molecule has 0 bridgehead atoms. The van der Waals surface area contributed by atoms with Gasteiger partial charge in [-0.1, -0.05) is 0 Å². The molecule has 1 N–H and O–H groups in total. The SMILES string of the molecule is CCOC(=O)c1coc(-c2ccc(O)cc2)n1. The third-order valence-corrected chi connectivity index (χ3v) is 2.10. The Labute approximate surface area is 97.7 Å². The van der Waals surface area contributed by atoms with Gasteiger partial charge in [-0.05, 0) is 31.2 Å². The number of hydrogen-bond donors (Lipinski definition) is 1. The Morgan fingerprint density at radius 3 is 2.76 bits per heavy atom. The summed E-state index contributed by atoms with van der Waals surface area (Å²) in [5, 5.41) is 9.14. The number of aromatic nitrogens is 1. The summed E-state index contributed by atoms with van der Waals surface area (Å²) in [5.74, 6) is -0.0414. The first-order chi connectivity index (χ1) is 8.20. The lowest BCUT2D eigenvalue weighted by Crippen LogP contribution is -2.04. The van der Waals surface area contributed by atoms with Crippen molar-refractivity contribution in [3.05, 3.63) is 36.2 Å². The average Bonchev–Trinajstić information content (AvgIpc) is 2.80. The topological polar surface area (TPSA) is 72.6 Å². The predicted octanol–water partition coefficient (Wildman–Crippen LogP) is 2.22. The Balaban J connectivity index is 2.23. The number of aromatic hydroxyl groups is 1. The monoisotopic (exact) mass is 233 g/mol. The highest BCUT2D eigenvalue weighted by atomic mass is 16.5. The molecule has 1 aromatic carbocycles. The summed E-state index contributed by atoms with van der Waals surface area (Å²) in [4.78, 5) is 15.4. The van der Waals surface area contributed by atoms with Crippen LogP contribution >= 0.6 is 0 Å². The molecular formula is C12H11NO4. The Morgan fingerprint density at radius 2 is 2.12 bits per heavy atom. The molecule has 1 aromatic heterocycles. The van der Waals surface area contributed by atoms with Gasteiger partial charge in [-0.25, -0.2) is 9.78 Å². The molecule has 0 saturated carbocycles. The standard InChI is InChI=1S/C12H11NO4/c1-2-16-12(15)10-7-17-11(13-10)8-3-5-9(14)6-4-8/h3-7,14H,2H2,1H3. The molecule has 0 atom stereocenters. The van der Waals surface area contributed by atoms with E-state index < -0.39 is 5.97 Å². The first-order valence-corrected chi connectivity index (χ1v) is 5.12. The maximum absolute atomic E-state index is 11.4. The average molecular weight is 233 g/mol. The highest BCUT2D eigenvalue weighted by Gasteiger charge is 2.13. The minimum absolute atomic E-state index is 0.134. The van der Waals surface area contributed by atoms with Gasteiger partial charge in [0.25, 0.3) is 0 Å². The van der Waals surface area contributed by atoms with Crippen LogP contribution in [0.3, 0.4) is 0 Å². The van der Waals surface area contributed by atoms with Gasteiger partial charge in [0.2, 0.25) is 5.89 Å². The molecule has 88 valence electrons. The summed E-state index contributed by atoms with van der Waals surface area (Å²) in [7, 11) is 0. The van der Waals surface area contributed by atoms with E-state index >= 15 is 0 Å². The highest BCUT2D eigenvalue weighted by molar-refractivity contribution is 5.87. The molecule has 5 nitrogen and oxygen atoms in total. The third-order valence-electron chi connectivity index (χ3n) is 2.10. The molecule has 2 aromatic rings. The lowest BCUT2D eigenvalue weighted by atomic mass is 10.2. The van der Waals surface area contributed by atoms with Crippen molar-refractivity contribution in [2.24, 2.45) is 0 Å². The van der Waals surface area contributed by atoms with Crippen LogP contribution in [0.1, 0.15) is 17.4 Å². The minimum atomic E-state index is -0.513. The number of phenolic OH excluding ortho intramolecular Hbond substituents is 1. The summed E-state index contributed by atoms with van der Waals surface area (Å²) in [6.07, 6.45) is 1.25. The lowest BCUT2D eigenvalue weighted by Gasteiger charge is -1.96. The number of rotatable bonds is 3. The summed E-state index contributed by atoms with van der Waals surface area (Å²) in [6.45, 7) is 2.01. The van der Waals surface area contributed by atoms with Crippen molar-refractivity contribution < 1.29 is 19.1 Å². The van der Waals surface area contributed by atoms with Gasteiger partial charge in [-0.15, -0.1) is 0 Å². The fraction of sp³-hybridized carbons (Fsp3) is 0.167. The quantitative estimate of drug-likeness (QED) is 0.823. The van der Waals surface area contributed by atoms with Crippen LogP contribution < -0.4 is 0 Å². The number of carbonyl (C=O) groups is 1. The zero-order valence-electron chi connectivity index (χ0n) is 9.21. The van der Waals surface area contributed by atoms with Gasteiger partial charge >= 0.3 is 5.97 Å². The van der Waals surface area contributed by atoms with Gasteiger partial charge in [0.05, 0.1) is 6.61 Å². The number of hydrogen-bond acceptors (Lipinski definition) is 5. The molecule has 0 spiro atoms. The van der Waals surface area contributed by atoms with E-state index in [1.807, 2.05) is 0 Å². The minimum Gasteiger partial charge on any atom is -0.508 e. The predicted molar refractivity (Wildman–Crippen MR) is 59.6 cm³/mol. The number of phenols is 1. The van der Waals surface area contributed by atoms with Crippen LogP contribution in [-0.4, -0.2) is 22.7 Å². The molecule has 0 aliphatic heterocycles. The molecule has 0 aliphatic rings. The molecule has 0 aliphatic carbocycles. The van der Waals surface area contributed by atoms with Crippen LogP contribution in [0.2, 0.25) is 0 Å². The van der Waals surface area contributed by atoms with Crippen LogP contribution in [0.4, 0.5) is 0 Å². The number of esters is 1. The highest BCUT2D eigenvalue weighted by Crippen LogP contribution is 2.21. The Bertz CT molecular complexity index is 516. The lowest BCUT2D eigenvalue weighted by molar-refractivity contribution is 0.0519. The van der Waals surface area contributed by atoms with E-state index in [0.29, 0.717) is 18.1 Å². The first kappa shape index (κ1) is 11.2. The molecule has 5 heteroatoms. The molecule has 1 heterocycles. The molecule has 2 rings (SSSR count). The number of carbonyl (C=O) groups excluding carboxylic acids is 1. The molecule has 17 heavy (non-hydrogen) atoms. The summed E-state index contributed by atoms with van der Waals surface area (Å²) in [5.41, 5.74) is 0.813. The van der Waals surface area contributed by atoms with Gasteiger partial charge in [0.1, 0.15) is 12.0 Å². The maximum Gasteiger partial charge on any atom is 0.360 e. The number of benzene rings is 1. The Hall–Kier alpha value is -2.30. The van der Waals surface area contributed by atoms with Crippen molar-refractivity contribution in [3.8, 4) is 17.2 Å². The van der Waals surface area contributed by atoms with Gasteiger partial charge in [-0.3, -0.25) is 0 Å². The summed E-state index contributed by atoms with van der Waals surface area (Å²) >= 11 is 0. The van der Waals surface area contributed by atoms with Crippen molar-refractivity contribution in [3.63, 3.8) is 0 Å². The second-order valence-corrected chi connectivity index (χ2v) is 3.31. The van der Waals surface area contributed by atoms with Crippen LogP contribution in [0.25, 0.3) is 11.5 Å². The molecule has 0 unspecified atom stereocenters. The molecule has 0 radical (unpaired) electrons. The van der Waals surface area contributed by atoms with Crippen LogP contribution in [0.15, 0.2) is 34.9 Å². The molecule has 0 amide bonds. The van der Waals surface area contributed by atoms with Crippen LogP contribution in [0, 0.1) is 0 Å². The van der Waals surface area contributed by atoms with E-state index in [4.69, 9.17) is 14.3 Å². The van der Waals surface area contributed by atoms with E-state index in [0.717, 1.165) is 0 Å². The van der Waals surface area contributed by atoms with E-state index in [9.17, 15) is 4.79 Å². The Kier molecular flexibility index (Phi) is 3.09. The van der Waals surface area contributed by atoms with Crippen LogP contribution in [0.5, 0.6) is 5.75 Å². The normalized spacial score (nSPS) is 10.2. The van der Waals surface area contributed by atoms with Crippen molar-refractivity contribution >= 4 is 5.97 Å². The Morgan fingerprint density at radius 1 is 1.41 bits per heavy atom. The molecular weight excluding hydrogens is 222 g/mol. The van der Waals surface area contributed by atoms with E-state index in [1.54, 1.807) is 19.1 Å². The van der Waals surface area contributed by atoms with Gasteiger partial charge in [-0.2, -0.15) is 0 Å². The summed E-state index contributed by atoms with van der Waals surface area (Å²) < 4.78 is 9.96. The fourth-order valence-electron chi connectivity index (χ4n) is 1.31. The maximum atomic E-state index is 11.4. The third kappa shape index (κ3) is 2.44. The smallest absolute Gasteiger partial charge is 0.360 e. The fourth-order valence-corrected chi connectivity index (χ4v) is 1.31. The largest absolute Gasteiger partial charge is 0.508 e. The second-order valence-electron chi connectivity index (χ2n) is 3.31. The van der Waals surface area contributed by atoms with Crippen LogP contribution in [-0.2, 0) is 4.74 Å². The van der Waals surface area contributed by atoms with Gasteiger partial charge in [0, 0.05) is 5.56 Å². The molecule has 0 fully saturated rings. The van der Waals surface area contributed by atoms with Gasteiger partial charge < -0.3 is 14.3 Å². The first-order valence-electron chi connectivity index (χ1n) is 5.12. The van der Waals surface area contributed by atoms with Crippen molar-refractivity contribution in [1.82, 2.24) is 4.98 Å². The van der Waals surface area contributed by atoms with E-state index in [1.165, 1.54) is 18.4 Å². The zero-order valence-corrected chi connectivity index (χ0v) is 9.21. The zero-order chi connectivity index (χ0) is 12.3. The van der Waals surface area contributed by atoms with Crippen molar-refractivity contribution in [1.29, 1.82) is 0 Å². The summed E-state index contributed by atoms with van der Waals surface area (Å²) in [6, 6.07) is 6.33. The number of oxazole rings is 1. The van der Waals surface area contributed by atoms with Gasteiger partial charge in [0.15, 0.2) is 5.69 Å². The number of ether oxygens (including phenoxy) is 1. The van der Waals surface area contributed by atoms with E-state index in [-0.39, 0.29) is 11.4 Å². The second kappa shape index (κ2) is 4.69. The van der Waals surface area contributed by atoms with E-state index in [2.05, 4.69) is 4.98 Å².